The van der Waals surface area contributed by atoms with Gasteiger partial charge in [-0.2, -0.15) is 4.98 Å². The molecule has 0 radical (unpaired) electrons. The minimum atomic E-state index is 0.507. The maximum absolute atomic E-state index is 4.98. The first-order chi connectivity index (χ1) is 9.51. The molecule has 1 fully saturated rings. The van der Waals surface area contributed by atoms with E-state index in [4.69, 9.17) is 4.52 Å². The Morgan fingerprint density at radius 1 is 1.25 bits per heavy atom. The Morgan fingerprint density at radius 3 is 2.50 bits per heavy atom. The van der Waals surface area contributed by atoms with E-state index in [1.54, 1.807) is 0 Å². The predicted molar refractivity (Wildman–Crippen MR) is 80.6 cm³/mol. The summed E-state index contributed by atoms with van der Waals surface area (Å²) in [6.45, 7) is 9.94. The summed E-state index contributed by atoms with van der Waals surface area (Å²) in [6.07, 6.45) is 7.48. The zero-order valence-corrected chi connectivity index (χ0v) is 13.4. The molecular weight excluding hydrogens is 250 g/mol. The summed E-state index contributed by atoms with van der Waals surface area (Å²) in [5.74, 6) is 2.36. The molecule has 0 bridgehead atoms. The largest absolute Gasteiger partial charge is 0.340 e. The number of aryl methyl sites for hydroxylation is 1. The summed E-state index contributed by atoms with van der Waals surface area (Å²) >= 11 is 0. The summed E-state index contributed by atoms with van der Waals surface area (Å²) in [5.41, 5.74) is 0.507. The van der Waals surface area contributed by atoms with Crippen molar-refractivity contribution in [3.8, 4) is 0 Å². The van der Waals surface area contributed by atoms with Crippen molar-refractivity contribution in [2.75, 3.05) is 6.54 Å². The van der Waals surface area contributed by atoms with Gasteiger partial charge in [0.05, 0.1) is 0 Å². The first kappa shape index (κ1) is 15.5. The third-order valence-electron chi connectivity index (χ3n) is 5.09. The van der Waals surface area contributed by atoms with Gasteiger partial charge in [0.25, 0.3) is 0 Å². The summed E-state index contributed by atoms with van der Waals surface area (Å²) in [7, 11) is 0. The van der Waals surface area contributed by atoms with Crippen LogP contribution >= 0.6 is 0 Å². The molecule has 2 rings (SSSR count). The average molecular weight is 279 g/mol. The summed E-state index contributed by atoms with van der Waals surface area (Å²) in [4.78, 5) is 4.23. The molecule has 0 aromatic carbocycles. The van der Waals surface area contributed by atoms with Crippen LogP contribution in [0.3, 0.4) is 0 Å². The van der Waals surface area contributed by atoms with Crippen LogP contribution in [0.4, 0.5) is 0 Å². The molecule has 0 amide bonds. The van der Waals surface area contributed by atoms with Crippen molar-refractivity contribution in [2.45, 2.75) is 72.3 Å². The smallest absolute Gasteiger partial charge is 0.223 e. The van der Waals surface area contributed by atoms with E-state index in [1.165, 1.54) is 32.1 Å². The lowest BCUT2D eigenvalue weighted by atomic mass is 9.69. The molecule has 0 spiro atoms. The van der Waals surface area contributed by atoms with E-state index in [9.17, 15) is 0 Å². The van der Waals surface area contributed by atoms with E-state index in [-0.39, 0.29) is 0 Å². The van der Waals surface area contributed by atoms with Gasteiger partial charge in [-0.25, -0.2) is 0 Å². The van der Waals surface area contributed by atoms with Gasteiger partial charge in [-0.1, -0.05) is 32.3 Å². The van der Waals surface area contributed by atoms with Gasteiger partial charge in [0.15, 0.2) is 5.82 Å². The first-order valence-corrected chi connectivity index (χ1v) is 8.04. The van der Waals surface area contributed by atoms with Crippen molar-refractivity contribution in [1.82, 2.24) is 15.5 Å². The SMILES string of the molecule is CCC(C)(C)C1CCC(NCCc2noc(C)n2)CC1. The van der Waals surface area contributed by atoms with E-state index < -0.39 is 0 Å². The molecule has 4 heteroatoms. The second-order valence-electron chi connectivity index (χ2n) is 6.82. The lowest BCUT2D eigenvalue weighted by Crippen LogP contribution is -2.37. The van der Waals surface area contributed by atoms with Gasteiger partial charge < -0.3 is 9.84 Å². The molecule has 1 heterocycles. The predicted octanol–water partition coefficient (Wildman–Crippen LogP) is 3.51. The van der Waals surface area contributed by atoms with E-state index in [2.05, 4.69) is 36.2 Å². The van der Waals surface area contributed by atoms with Crippen LogP contribution in [-0.2, 0) is 6.42 Å². The Kier molecular flexibility index (Phi) is 5.19. The van der Waals surface area contributed by atoms with Crippen LogP contribution in [-0.4, -0.2) is 22.7 Å². The highest BCUT2D eigenvalue weighted by atomic mass is 16.5. The van der Waals surface area contributed by atoms with E-state index in [0.29, 0.717) is 17.3 Å². The molecule has 1 aromatic heterocycles. The second-order valence-corrected chi connectivity index (χ2v) is 6.82. The van der Waals surface area contributed by atoms with Crippen LogP contribution < -0.4 is 5.32 Å². The van der Waals surface area contributed by atoms with Gasteiger partial charge >= 0.3 is 0 Å². The summed E-state index contributed by atoms with van der Waals surface area (Å²) < 4.78 is 4.98. The molecule has 1 N–H and O–H groups in total. The highest BCUT2D eigenvalue weighted by Crippen LogP contribution is 2.40. The topological polar surface area (TPSA) is 51.0 Å². The second kappa shape index (κ2) is 6.70. The van der Waals surface area contributed by atoms with Crippen LogP contribution in [0.25, 0.3) is 0 Å². The van der Waals surface area contributed by atoms with Crippen molar-refractivity contribution in [2.24, 2.45) is 11.3 Å². The van der Waals surface area contributed by atoms with Crippen molar-refractivity contribution in [1.29, 1.82) is 0 Å². The highest BCUT2D eigenvalue weighted by Gasteiger charge is 2.31. The normalized spacial score (nSPS) is 24.0. The van der Waals surface area contributed by atoms with Crippen molar-refractivity contribution < 1.29 is 4.52 Å². The Bertz CT molecular complexity index is 406. The summed E-state index contributed by atoms with van der Waals surface area (Å²) in [5, 5.41) is 7.58. The first-order valence-electron chi connectivity index (χ1n) is 8.04. The third-order valence-corrected chi connectivity index (χ3v) is 5.09. The fourth-order valence-corrected chi connectivity index (χ4v) is 3.20. The monoisotopic (exact) mass is 279 g/mol. The number of rotatable bonds is 6. The number of nitrogens with one attached hydrogen (secondary N) is 1. The van der Waals surface area contributed by atoms with Crippen LogP contribution in [0.2, 0.25) is 0 Å². The zero-order chi connectivity index (χ0) is 14.6. The lowest BCUT2D eigenvalue weighted by Gasteiger charge is -2.39. The maximum atomic E-state index is 4.98. The van der Waals surface area contributed by atoms with Crippen molar-refractivity contribution in [3.63, 3.8) is 0 Å². The van der Waals surface area contributed by atoms with E-state index >= 15 is 0 Å². The van der Waals surface area contributed by atoms with Crippen molar-refractivity contribution in [3.05, 3.63) is 11.7 Å². The molecule has 20 heavy (non-hydrogen) atoms. The van der Waals surface area contributed by atoms with Gasteiger partial charge in [0.2, 0.25) is 5.89 Å². The third kappa shape index (κ3) is 4.05. The molecule has 1 saturated carbocycles. The van der Waals surface area contributed by atoms with Gasteiger partial charge in [0, 0.05) is 25.9 Å². The van der Waals surface area contributed by atoms with Gasteiger partial charge in [0.1, 0.15) is 0 Å². The molecule has 0 aliphatic heterocycles. The average Bonchev–Trinajstić information content (AvgIpc) is 2.85. The highest BCUT2D eigenvalue weighted by molar-refractivity contribution is 4.87. The number of nitrogens with zero attached hydrogens (tertiary/aromatic N) is 2. The minimum Gasteiger partial charge on any atom is -0.340 e. The molecule has 1 aromatic rings. The van der Waals surface area contributed by atoms with Crippen LogP contribution in [0.15, 0.2) is 4.52 Å². The maximum Gasteiger partial charge on any atom is 0.223 e. The fraction of sp³-hybridized carbons (Fsp3) is 0.875. The number of hydrogen-bond donors (Lipinski definition) is 1. The molecule has 0 saturated heterocycles. The minimum absolute atomic E-state index is 0.507. The Morgan fingerprint density at radius 2 is 1.95 bits per heavy atom. The zero-order valence-electron chi connectivity index (χ0n) is 13.4. The van der Waals surface area contributed by atoms with Gasteiger partial charge in [-0.15, -0.1) is 0 Å². The number of hydrogen-bond acceptors (Lipinski definition) is 4. The Labute approximate surface area is 122 Å². The quantitative estimate of drug-likeness (QED) is 0.866. The Balaban J connectivity index is 1.67. The molecule has 0 atom stereocenters. The molecule has 1 aliphatic rings. The van der Waals surface area contributed by atoms with E-state index in [1.807, 2.05) is 6.92 Å². The molecular formula is C16H29N3O. The van der Waals surface area contributed by atoms with E-state index in [0.717, 1.165) is 24.7 Å². The standard InChI is InChI=1S/C16H29N3O/c1-5-16(3,4)13-6-8-14(9-7-13)17-11-10-15-18-12(2)20-19-15/h13-14,17H,5-11H2,1-4H3. The van der Waals surface area contributed by atoms with Crippen LogP contribution in [0.5, 0.6) is 0 Å². The van der Waals surface area contributed by atoms with Gasteiger partial charge in [-0.05, 0) is 37.0 Å². The molecule has 4 nitrogen and oxygen atoms in total. The fourth-order valence-electron chi connectivity index (χ4n) is 3.20. The Hall–Kier alpha value is -0.900. The van der Waals surface area contributed by atoms with Crippen LogP contribution in [0, 0.1) is 18.3 Å². The van der Waals surface area contributed by atoms with Crippen LogP contribution in [0.1, 0.15) is 64.6 Å². The molecule has 1 aliphatic carbocycles. The summed E-state index contributed by atoms with van der Waals surface area (Å²) in [6, 6.07) is 0.673. The van der Waals surface area contributed by atoms with Gasteiger partial charge in [-0.3, -0.25) is 0 Å². The lowest BCUT2D eigenvalue weighted by molar-refractivity contribution is 0.137. The molecule has 0 unspecified atom stereocenters. The number of aromatic nitrogens is 2. The van der Waals surface area contributed by atoms with Crippen molar-refractivity contribution >= 4 is 0 Å². The molecule has 114 valence electrons.